The van der Waals surface area contributed by atoms with Gasteiger partial charge in [-0.3, -0.25) is 4.79 Å². The molecule has 0 saturated carbocycles. The lowest BCUT2D eigenvalue weighted by Crippen LogP contribution is -2.38. The van der Waals surface area contributed by atoms with Gasteiger partial charge in [0, 0.05) is 10.7 Å². The zero-order chi connectivity index (χ0) is 17.7. The van der Waals surface area contributed by atoms with E-state index in [9.17, 15) is 13.2 Å². The van der Waals surface area contributed by atoms with E-state index in [0.717, 1.165) is 0 Å². The number of rotatable bonds is 1. The minimum Gasteiger partial charge on any atom is -0.314 e. The molecule has 1 amide bonds. The van der Waals surface area contributed by atoms with Gasteiger partial charge in [-0.2, -0.15) is 4.99 Å². The number of amides is 1. The summed E-state index contributed by atoms with van der Waals surface area (Å²) in [4.78, 5) is 18.5. The van der Waals surface area contributed by atoms with Crippen molar-refractivity contribution in [2.45, 2.75) is 32.1 Å². The average molecular weight is 387 g/mol. The molecule has 1 aromatic rings. The van der Waals surface area contributed by atoms with Gasteiger partial charge in [-0.1, -0.05) is 56.3 Å². The topological polar surface area (TPSA) is 66.8 Å². The zero-order valence-electron chi connectivity index (χ0n) is 13.7. The average Bonchev–Trinajstić information content (AvgIpc) is 2.90. The number of thioether (sulfide) groups is 1. The highest BCUT2D eigenvalue weighted by Crippen LogP contribution is 2.43. The van der Waals surface area contributed by atoms with Crippen LogP contribution in [0.1, 0.15) is 20.8 Å². The van der Waals surface area contributed by atoms with Gasteiger partial charge in [0.05, 0.1) is 28.3 Å². The standard InChI is InChI=1S/C16H19ClN2O3S2/c1-16(2,3)14(20)18-15-19(11-7-5-4-6-10(11)17)12-8-24(21,22)9-13(12)23-15/h4-7,12-13H,8-9H2,1-3H3/t12-,13-/m0/s1. The number of carbonyl (C=O) groups excluding carboxylic acids is 1. The van der Waals surface area contributed by atoms with Gasteiger partial charge in [0.1, 0.15) is 0 Å². The molecular weight excluding hydrogens is 368 g/mol. The van der Waals surface area contributed by atoms with Crippen LogP contribution in [0.5, 0.6) is 0 Å². The molecule has 0 unspecified atom stereocenters. The monoisotopic (exact) mass is 386 g/mol. The third-order valence-corrected chi connectivity index (χ3v) is 7.55. The molecule has 8 heteroatoms. The van der Waals surface area contributed by atoms with Gasteiger partial charge in [-0.05, 0) is 12.1 Å². The number of aliphatic imine (C=N–C) groups is 1. The van der Waals surface area contributed by atoms with E-state index < -0.39 is 15.3 Å². The first-order valence-electron chi connectivity index (χ1n) is 7.62. The van der Waals surface area contributed by atoms with E-state index in [4.69, 9.17) is 11.6 Å². The second-order valence-corrected chi connectivity index (χ2v) is 10.8. The van der Waals surface area contributed by atoms with Crippen molar-refractivity contribution >= 4 is 50.0 Å². The van der Waals surface area contributed by atoms with Crippen LogP contribution in [0.15, 0.2) is 29.3 Å². The number of carbonyl (C=O) groups is 1. The summed E-state index contributed by atoms with van der Waals surface area (Å²) in [5.41, 5.74) is 0.0977. The molecule has 2 aliphatic heterocycles. The molecule has 0 radical (unpaired) electrons. The summed E-state index contributed by atoms with van der Waals surface area (Å²) in [6.45, 7) is 5.43. The molecule has 5 nitrogen and oxygen atoms in total. The van der Waals surface area contributed by atoms with E-state index in [1.807, 2.05) is 43.9 Å². The van der Waals surface area contributed by atoms with Crippen LogP contribution in [0.3, 0.4) is 0 Å². The Morgan fingerprint density at radius 2 is 1.96 bits per heavy atom. The number of hydrogen-bond acceptors (Lipinski definition) is 4. The molecule has 1 aromatic carbocycles. The first-order valence-corrected chi connectivity index (χ1v) is 10.7. The second-order valence-electron chi connectivity index (χ2n) is 7.07. The Morgan fingerprint density at radius 3 is 2.58 bits per heavy atom. The van der Waals surface area contributed by atoms with Gasteiger partial charge >= 0.3 is 0 Å². The Balaban J connectivity index is 2.05. The van der Waals surface area contributed by atoms with Crippen LogP contribution in [-0.2, 0) is 14.6 Å². The van der Waals surface area contributed by atoms with Crippen molar-refractivity contribution in [3.05, 3.63) is 29.3 Å². The fourth-order valence-corrected chi connectivity index (χ4v) is 6.88. The Bertz CT molecular complexity index is 815. The predicted molar refractivity (Wildman–Crippen MR) is 99.6 cm³/mol. The minimum absolute atomic E-state index is 0.0542. The number of para-hydroxylation sites is 1. The lowest BCUT2D eigenvalue weighted by atomic mass is 9.96. The van der Waals surface area contributed by atoms with Crippen LogP contribution in [0, 0.1) is 5.41 Å². The molecule has 2 aliphatic rings. The molecule has 3 rings (SSSR count). The van der Waals surface area contributed by atoms with Gasteiger partial charge < -0.3 is 4.90 Å². The highest BCUT2D eigenvalue weighted by Gasteiger charge is 2.50. The molecule has 2 fully saturated rings. The minimum atomic E-state index is -3.09. The number of anilines is 1. The lowest BCUT2D eigenvalue weighted by Gasteiger charge is -2.26. The first kappa shape index (κ1) is 17.8. The number of sulfone groups is 1. The number of benzene rings is 1. The molecule has 0 bridgehead atoms. The summed E-state index contributed by atoms with van der Waals surface area (Å²) in [5.74, 6) is -0.0742. The van der Waals surface area contributed by atoms with E-state index >= 15 is 0 Å². The fourth-order valence-electron chi connectivity index (χ4n) is 2.75. The van der Waals surface area contributed by atoms with Crippen molar-refractivity contribution in [2.24, 2.45) is 10.4 Å². The highest BCUT2D eigenvalue weighted by atomic mass is 35.5. The lowest BCUT2D eigenvalue weighted by molar-refractivity contribution is -0.124. The molecule has 0 N–H and O–H groups in total. The predicted octanol–water partition coefficient (Wildman–Crippen LogP) is 2.99. The normalized spacial score (nSPS) is 27.5. The third kappa shape index (κ3) is 3.34. The Hall–Kier alpha value is -1.05. The maximum atomic E-state index is 12.4. The van der Waals surface area contributed by atoms with E-state index in [2.05, 4.69) is 4.99 Å². The van der Waals surface area contributed by atoms with Crippen molar-refractivity contribution in [3.63, 3.8) is 0 Å². The summed E-state index contributed by atoms with van der Waals surface area (Å²) in [7, 11) is -3.09. The zero-order valence-corrected chi connectivity index (χ0v) is 16.1. The molecule has 0 aliphatic carbocycles. The van der Waals surface area contributed by atoms with Gasteiger partial charge in [0.25, 0.3) is 5.91 Å². The molecule has 2 atom stereocenters. The van der Waals surface area contributed by atoms with E-state index in [-0.39, 0.29) is 28.7 Å². The molecule has 24 heavy (non-hydrogen) atoms. The maximum Gasteiger partial charge on any atom is 0.253 e. The summed E-state index contributed by atoms with van der Waals surface area (Å²) < 4.78 is 24.0. The van der Waals surface area contributed by atoms with Crippen molar-refractivity contribution in [2.75, 3.05) is 16.4 Å². The number of halogens is 1. The molecule has 2 saturated heterocycles. The Morgan fingerprint density at radius 1 is 1.29 bits per heavy atom. The van der Waals surface area contributed by atoms with Crippen molar-refractivity contribution in [1.29, 1.82) is 0 Å². The number of hydrogen-bond donors (Lipinski definition) is 0. The first-order chi connectivity index (χ1) is 11.1. The van der Waals surface area contributed by atoms with Crippen LogP contribution in [0.4, 0.5) is 5.69 Å². The number of fused-ring (bicyclic) bond motifs is 1. The smallest absolute Gasteiger partial charge is 0.253 e. The maximum absolute atomic E-state index is 12.4. The molecule has 0 spiro atoms. The van der Waals surface area contributed by atoms with Gasteiger partial charge in [-0.25, -0.2) is 8.42 Å². The molecular formula is C16H19ClN2O3S2. The largest absolute Gasteiger partial charge is 0.314 e. The van der Waals surface area contributed by atoms with Crippen LogP contribution in [-0.4, -0.2) is 42.3 Å². The van der Waals surface area contributed by atoms with Gasteiger partial charge in [0.2, 0.25) is 0 Å². The van der Waals surface area contributed by atoms with Crippen molar-refractivity contribution in [1.82, 2.24) is 0 Å². The van der Waals surface area contributed by atoms with Crippen LogP contribution < -0.4 is 4.90 Å². The molecule has 2 heterocycles. The van der Waals surface area contributed by atoms with Gasteiger partial charge in [-0.15, -0.1) is 0 Å². The van der Waals surface area contributed by atoms with Crippen LogP contribution in [0.2, 0.25) is 5.02 Å². The highest BCUT2D eigenvalue weighted by molar-refractivity contribution is 8.16. The number of nitrogens with zero attached hydrogens (tertiary/aromatic N) is 2. The molecule has 0 aromatic heterocycles. The number of amidine groups is 1. The Kier molecular flexibility index (Phi) is 4.47. The Labute approximate surface area is 151 Å². The SMILES string of the molecule is CC(C)(C)C(=O)N=C1S[C@H]2CS(=O)(=O)C[C@@H]2N1c1ccccc1Cl. The van der Waals surface area contributed by atoms with Crippen LogP contribution >= 0.6 is 23.4 Å². The fraction of sp³-hybridized carbons (Fsp3) is 0.500. The quantitative estimate of drug-likeness (QED) is 0.742. The van der Waals surface area contributed by atoms with E-state index in [1.54, 1.807) is 6.07 Å². The summed E-state index contributed by atoms with van der Waals surface area (Å²) in [6.07, 6.45) is 0. The summed E-state index contributed by atoms with van der Waals surface area (Å²) in [6, 6.07) is 6.99. The van der Waals surface area contributed by atoms with Crippen molar-refractivity contribution in [3.8, 4) is 0 Å². The second kappa shape index (κ2) is 6.04. The third-order valence-electron chi connectivity index (χ3n) is 4.02. The van der Waals surface area contributed by atoms with Gasteiger partial charge in [0.15, 0.2) is 15.0 Å². The van der Waals surface area contributed by atoms with E-state index in [1.165, 1.54) is 11.8 Å². The molecule has 130 valence electrons. The van der Waals surface area contributed by atoms with E-state index in [0.29, 0.717) is 15.9 Å². The summed E-state index contributed by atoms with van der Waals surface area (Å²) in [5, 5.41) is 0.921. The van der Waals surface area contributed by atoms with Crippen molar-refractivity contribution < 1.29 is 13.2 Å². The summed E-state index contributed by atoms with van der Waals surface area (Å²) >= 11 is 7.67. The van der Waals surface area contributed by atoms with Crippen LogP contribution in [0.25, 0.3) is 0 Å².